The van der Waals surface area contributed by atoms with E-state index >= 15 is 0 Å². The van der Waals surface area contributed by atoms with E-state index in [2.05, 4.69) is 10.6 Å². The average molecular weight is 350 g/mol. The van der Waals surface area contributed by atoms with Crippen molar-refractivity contribution in [2.75, 3.05) is 37.7 Å². The number of amides is 2. The van der Waals surface area contributed by atoms with Crippen molar-refractivity contribution in [3.63, 3.8) is 0 Å². The van der Waals surface area contributed by atoms with E-state index in [0.29, 0.717) is 32.0 Å². The van der Waals surface area contributed by atoms with Crippen LogP contribution in [0.3, 0.4) is 0 Å². The summed E-state index contributed by atoms with van der Waals surface area (Å²) in [6.07, 6.45) is 0. The number of hydrogen-bond donors (Lipinski definition) is 2. The Morgan fingerprint density at radius 3 is 2.60 bits per heavy atom. The zero-order chi connectivity index (χ0) is 18.4. The maximum Gasteiger partial charge on any atom is 0.270 e. The van der Waals surface area contributed by atoms with Gasteiger partial charge in [0.25, 0.3) is 11.6 Å². The Labute approximate surface area is 145 Å². The Balaban J connectivity index is 2.19. The van der Waals surface area contributed by atoms with Crippen molar-refractivity contribution in [2.45, 2.75) is 19.9 Å². The van der Waals surface area contributed by atoms with Gasteiger partial charge in [0.1, 0.15) is 0 Å². The number of ether oxygens (including phenoxy) is 1. The first kappa shape index (κ1) is 18.7. The molecule has 0 saturated carbocycles. The van der Waals surface area contributed by atoms with Crippen molar-refractivity contribution in [1.82, 2.24) is 10.6 Å². The van der Waals surface area contributed by atoms with Crippen LogP contribution >= 0.6 is 0 Å². The van der Waals surface area contributed by atoms with Crippen molar-refractivity contribution in [1.29, 1.82) is 0 Å². The molecule has 9 heteroatoms. The zero-order valence-corrected chi connectivity index (χ0v) is 14.3. The van der Waals surface area contributed by atoms with Crippen molar-refractivity contribution in [3.05, 3.63) is 33.9 Å². The van der Waals surface area contributed by atoms with Gasteiger partial charge in [-0.25, -0.2) is 0 Å². The van der Waals surface area contributed by atoms with Gasteiger partial charge in [0.2, 0.25) is 5.91 Å². The molecule has 2 N–H and O–H groups in total. The van der Waals surface area contributed by atoms with E-state index in [1.165, 1.54) is 12.1 Å². The van der Waals surface area contributed by atoms with Gasteiger partial charge in [-0.05, 0) is 19.9 Å². The number of anilines is 1. The van der Waals surface area contributed by atoms with Crippen LogP contribution in [-0.4, -0.2) is 55.6 Å². The number of nitro groups is 1. The normalized spacial score (nSPS) is 14.3. The van der Waals surface area contributed by atoms with Gasteiger partial charge >= 0.3 is 0 Å². The number of benzene rings is 1. The highest BCUT2D eigenvalue weighted by Gasteiger charge is 2.22. The molecule has 1 saturated heterocycles. The Bertz CT molecular complexity index is 656. The van der Waals surface area contributed by atoms with Crippen LogP contribution < -0.4 is 15.5 Å². The molecule has 0 spiro atoms. The molecule has 0 unspecified atom stereocenters. The van der Waals surface area contributed by atoms with Gasteiger partial charge in [-0.3, -0.25) is 19.7 Å². The van der Waals surface area contributed by atoms with Crippen LogP contribution in [0.1, 0.15) is 24.2 Å². The molecule has 2 rings (SSSR count). The van der Waals surface area contributed by atoms with Gasteiger partial charge in [0.05, 0.1) is 35.9 Å². The summed E-state index contributed by atoms with van der Waals surface area (Å²) in [5, 5.41) is 16.2. The molecule has 136 valence electrons. The zero-order valence-electron chi connectivity index (χ0n) is 14.3. The van der Waals surface area contributed by atoms with Gasteiger partial charge in [-0.2, -0.15) is 0 Å². The molecule has 2 amide bonds. The second-order valence-electron chi connectivity index (χ2n) is 5.96. The number of non-ortho nitro benzene ring substituents is 1. The Morgan fingerprint density at radius 2 is 2.00 bits per heavy atom. The van der Waals surface area contributed by atoms with Crippen molar-refractivity contribution in [2.24, 2.45) is 0 Å². The lowest BCUT2D eigenvalue weighted by Crippen LogP contribution is -2.41. The summed E-state index contributed by atoms with van der Waals surface area (Å²) in [6, 6.07) is 4.13. The number of nitro benzene ring substituents is 1. The lowest BCUT2D eigenvalue weighted by atomic mass is 10.1. The highest BCUT2D eigenvalue weighted by molar-refractivity contribution is 6.02. The van der Waals surface area contributed by atoms with Crippen molar-refractivity contribution >= 4 is 23.2 Å². The summed E-state index contributed by atoms with van der Waals surface area (Å²) in [7, 11) is 0. The number of morpholine rings is 1. The monoisotopic (exact) mass is 350 g/mol. The van der Waals surface area contributed by atoms with Gasteiger partial charge in [-0.1, -0.05) is 0 Å². The van der Waals surface area contributed by atoms with Crippen LogP contribution in [-0.2, 0) is 9.53 Å². The van der Waals surface area contributed by atoms with E-state index in [4.69, 9.17) is 4.74 Å². The summed E-state index contributed by atoms with van der Waals surface area (Å²) in [6.45, 7) is 5.66. The lowest BCUT2D eigenvalue weighted by molar-refractivity contribution is -0.384. The minimum Gasteiger partial charge on any atom is -0.378 e. The summed E-state index contributed by atoms with van der Waals surface area (Å²) in [4.78, 5) is 36.6. The maximum absolute atomic E-state index is 12.5. The third kappa shape index (κ3) is 5.15. The molecule has 1 aromatic carbocycles. The van der Waals surface area contributed by atoms with E-state index in [1.807, 2.05) is 18.7 Å². The number of nitrogens with zero attached hydrogens (tertiary/aromatic N) is 2. The molecular weight excluding hydrogens is 328 g/mol. The first-order valence-corrected chi connectivity index (χ1v) is 8.07. The fraction of sp³-hybridized carbons (Fsp3) is 0.500. The summed E-state index contributed by atoms with van der Waals surface area (Å²) in [5.74, 6) is -0.842. The van der Waals surface area contributed by atoms with Gasteiger partial charge in [0.15, 0.2) is 0 Å². The minimum absolute atomic E-state index is 0.0360. The first-order chi connectivity index (χ1) is 11.9. The number of hydrogen-bond acceptors (Lipinski definition) is 6. The van der Waals surface area contributed by atoms with E-state index in [1.54, 1.807) is 6.07 Å². The van der Waals surface area contributed by atoms with Crippen LogP contribution in [0.15, 0.2) is 18.2 Å². The van der Waals surface area contributed by atoms with E-state index in [-0.39, 0.29) is 29.7 Å². The third-order valence-corrected chi connectivity index (χ3v) is 3.65. The highest BCUT2D eigenvalue weighted by Crippen LogP contribution is 2.26. The molecule has 1 aliphatic heterocycles. The van der Waals surface area contributed by atoms with Crippen LogP contribution in [0.2, 0.25) is 0 Å². The smallest absolute Gasteiger partial charge is 0.270 e. The molecule has 1 fully saturated rings. The maximum atomic E-state index is 12.5. The number of rotatable bonds is 6. The molecule has 1 heterocycles. The van der Waals surface area contributed by atoms with Gasteiger partial charge < -0.3 is 20.3 Å². The SMILES string of the molecule is CC(C)NC(=O)CNC(=O)c1cc([N+](=O)[O-])ccc1N1CCOCC1. The molecule has 0 aromatic heterocycles. The predicted molar refractivity (Wildman–Crippen MR) is 91.7 cm³/mol. The lowest BCUT2D eigenvalue weighted by Gasteiger charge is -2.30. The van der Waals surface area contributed by atoms with Crippen LogP contribution in [0, 0.1) is 10.1 Å². The summed E-state index contributed by atoms with van der Waals surface area (Å²) in [5.41, 5.74) is 0.595. The Morgan fingerprint density at radius 1 is 1.32 bits per heavy atom. The van der Waals surface area contributed by atoms with Crippen LogP contribution in [0.4, 0.5) is 11.4 Å². The molecular formula is C16H22N4O5. The van der Waals surface area contributed by atoms with Crippen LogP contribution in [0.5, 0.6) is 0 Å². The summed E-state index contributed by atoms with van der Waals surface area (Å²) >= 11 is 0. The topological polar surface area (TPSA) is 114 Å². The predicted octanol–water partition coefficient (Wildman–Crippen LogP) is 0.686. The van der Waals surface area contributed by atoms with Crippen molar-refractivity contribution < 1.29 is 19.2 Å². The Kier molecular flexibility index (Phi) is 6.29. The third-order valence-electron chi connectivity index (χ3n) is 3.65. The standard InChI is InChI=1S/C16H22N4O5/c1-11(2)18-15(21)10-17-16(22)13-9-12(20(23)24)3-4-14(13)19-5-7-25-8-6-19/h3-4,9,11H,5-8,10H2,1-2H3,(H,17,22)(H,18,21). The molecule has 9 nitrogen and oxygen atoms in total. The van der Waals surface area contributed by atoms with Gasteiger partial charge in [-0.15, -0.1) is 0 Å². The van der Waals surface area contributed by atoms with E-state index < -0.39 is 10.8 Å². The molecule has 0 bridgehead atoms. The highest BCUT2D eigenvalue weighted by atomic mass is 16.6. The van der Waals surface area contributed by atoms with Crippen LogP contribution in [0.25, 0.3) is 0 Å². The Hall–Kier alpha value is -2.68. The average Bonchev–Trinajstić information content (AvgIpc) is 2.59. The van der Waals surface area contributed by atoms with Gasteiger partial charge in [0, 0.05) is 31.3 Å². The molecule has 0 radical (unpaired) electrons. The molecule has 0 aliphatic carbocycles. The minimum atomic E-state index is -0.550. The molecule has 1 aliphatic rings. The first-order valence-electron chi connectivity index (χ1n) is 8.07. The fourth-order valence-corrected chi connectivity index (χ4v) is 2.53. The molecule has 25 heavy (non-hydrogen) atoms. The van der Waals surface area contributed by atoms with E-state index in [0.717, 1.165) is 0 Å². The number of nitrogens with one attached hydrogen (secondary N) is 2. The second kappa shape index (κ2) is 8.43. The summed E-state index contributed by atoms with van der Waals surface area (Å²) < 4.78 is 5.30. The number of carbonyl (C=O) groups is 2. The number of carbonyl (C=O) groups excluding carboxylic acids is 2. The fourth-order valence-electron chi connectivity index (χ4n) is 2.53. The molecule has 1 aromatic rings. The van der Waals surface area contributed by atoms with E-state index in [9.17, 15) is 19.7 Å². The largest absolute Gasteiger partial charge is 0.378 e. The quantitative estimate of drug-likeness (QED) is 0.576. The second-order valence-corrected chi connectivity index (χ2v) is 5.96. The van der Waals surface area contributed by atoms with Crippen molar-refractivity contribution in [3.8, 4) is 0 Å². The molecule has 0 atom stereocenters.